The third-order valence-electron chi connectivity index (χ3n) is 2.52. The molecule has 1 unspecified atom stereocenters. The standard InChI is InChI=1S/C13H14N2O3/c1-8-7-14-12(18-8)9(2)15-11-5-3-10(4-6-11)13(16)17/h3-7,9,15H,1-2H3,(H,16,17). The van der Waals surface area contributed by atoms with Gasteiger partial charge in [-0.2, -0.15) is 0 Å². The molecule has 1 heterocycles. The van der Waals surface area contributed by atoms with E-state index in [9.17, 15) is 4.79 Å². The molecule has 0 saturated carbocycles. The van der Waals surface area contributed by atoms with Crippen LogP contribution in [0.3, 0.4) is 0 Å². The van der Waals surface area contributed by atoms with Gasteiger partial charge in [0.2, 0.25) is 5.89 Å². The average molecular weight is 246 g/mol. The Morgan fingerprint density at radius 3 is 2.56 bits per heavy atom. The number of anilines is 1. The molecule has 0 amide bonds. The molecule has 0 fully saturated rings. The minimum absolute atomic E-state index is 0.0746. The monoisotopic (exact) mass is 246 g/mol. The number of rotatable bonds is 4. The summed E-state index contributed by atoms with van der Waals surface area (Å²) in [6.45, 7) is 3.77. The molecule has 94 valence electrons. The van der Waals surface area contributed by atoms with Crippen molar-refractivity contribution in [1.82, 2.24) is 4.98 Å². The Morgan fingerprint density at radius 2 is 2.06 bits per heavy atom. The van der Waals surface area contributed by atoms with Gasteiger partial charge in [0, 0.05) is 5.69 Å². The fraction of sp³-hybridized carbons (Fsp3) is 0.231. The highest BCUT2D eigenvalue weighted by Gasteiger charge is 2.11. The SMILES string of the molecule is Cc1cnc(C(C)Nc2ccc(C(=O)O)cc2)o1. The molecule has 0 saturated heterocycles. The van der Waals surface area contributed by atoms with Crippen LogP contribution in [0.2, 0.25) is 0 Å². The molecule has 1 aromatic carbocycles. The van der Waals surface area contributed by atoms with E-state index in [0.717, 1.165) is 11.4 Å². The summed E-state index contributed by atoms with van der Waals surface area (Å²) in [5.74, 6) is 0.438. The van der Waals surface area contributed by atoms with Crippen molar-refractivity contribution in [3.8, 4) is 0 Å². The molecule has 0 radical (unpaired) electrons. The number of carbonyl (C=O) groups is 1. The number of oxazole rings is 1. The summed E-state index contributed by atoms with van der Waals surface area (Å²) in [5.41, 5.74) is 1.09. The molecule has 0 aliphatic carbocycles. The topological polar surface area (TPSA) is 75.4 Å². The second kappa shape index (κ2) is 4.91. The van der Waals surface area contributed by atoms with Gasteiger partial charge in [-0.1, -0.05) is 0 Å². The largest absolute Gasteiger partial charge is 0.478 e. The van der Waals surface area contributed by atoms with E-state index in [4.69, 9.17) is 9.52 Å². The highest BCUT2D eigenvalue weighted by atomic mass is 16.4. The summed E-state index contributed by atoms with van der Waals surface area (Å²) in [6.07, 6.45) is 1.67. The van der Waals surface area contributed by atoms with Crippen LogP contribution in [-0.4, -0.2) is 16.1 Å². The van der Waals surface area contributed by atoms with Gasteiger partial charge in [-0.25, -0.2) is 9.78 Å². The number of benzene rings is 1. The summed E-state index contributed by atoms with van der Waals surface area (Å²) in [4.78, 5) is 14.8. The Bertz CT molecular complexity index is 546. The van der Waals surface area contributed by atoms with Crippen molar-refractivity contribution in [2.45, 2.75) is 19.9 Å². The third kappa shape index (κ3) is 2.68. The Morgan fingerprint density at radius 1 is 1.39 bits per heavy atom. The van der Waals surface area contributed by atoms with E-state index in [2.05, 4.69) is 10.3 Å². The van der Waals surface area contributed by atoms with E-state index < -0.39 is 5.97 Å². The predicted octanol–water partition coefficient (Wildman–Crippen LogP) is 2.85. The van der Waals surface area contributed by atoms with Crippen LogP contribution in [-0.2, 0) is 0 Å². The normalized spacial score (nSPS) is 12.1. The number of nitrogens with one attached hydrogen (secondary N) is 1. The zero-order valence-corrected chi connectivity index (χ0v) is 10.2. The molecule has 0 spiro atoms. The van der Waals surface area contributed by atoms with E-state index in [1.165, 1.54) is 0 Å². The zero-order valence-electron chi connectivity index (χ0n) is 10.2. The first-order chi connectivity index (χ1) is 8.56. The van der Waals surface area contributed by atoms with Crippen LogP contribution >= 0.6 is 0 Å². The van der Waals surface area contributed by atoms with Gasteiger partial charge in [-0.3, -0.25) is 0 Å². The minimum atomic E-state index is -0.932. The molecule has 5 nitrogen and oxygen atoms in total. The molecule has 1 aromatic heterocycles. The summed E-state index contributed by atoms with van der Waals surface area (Å²) in [5, 5.41) is 12.0. The van der Waals surface area contributed by atoms with Crippen molar-refractivity contribution in [2.75, 3.05) is 5.32 Å². The van der Waals surface area contributed by atoms with E-state index in [1.807, 2.05) is 13.8 Å². The molecule has 2 aromatic rings. The molecule has 0 bridgehead atoms. The van der Waals surface area contributed by atoms with Gasteiger partial charge in [0.15, 0.2) is 0 Å². The summed E-state index contributed by atoms with van der Waals surface area (Å²) in [6, 6.07) is 6.47. The fourth-order valence-corrected chi connectivity index (χ4v) is 1.59. The number of carboxylic acids is 1. The highest BCUT2D eigenvalue weighted by molar-refractivity contribution is 5.87. The predicted molar refractivity (Wildman–Crippen MR) is 66.7 cm³/mol. The van der Waals surface area contributed by atoms with Gasteiger partial charge < -0.3 is 14.8 Å². The first kappa shape index (κ1) is 12.2. The summed E-state index contributed by atoms with van der Waals surface area (Å²) in [7, 11) is 0. The molecule has 2 rings (SSSR count). The Balaban J connectivity index is 2.07. The quantitative estimate of drug-likeness (QED) is 0.867. The van der Waals surface area contributed by atoms with Crippen molar-refractivity contribution in [1.29, 1.82) is 0 Å². The Kier molecular flexibility index (Phi) is 3.32. The van der Waals surface area contributed by atoms with E-state index in [0.29, 0.717) is 5.89 Å². The van der Waals surface area contributed by atoms with Crippen LogP contribution in [0.25, 0.3) is 0 Å². The lowest BCUT2D eigenvalue weighted by molar-refractivity contribution is 0.0697. The minimum Gasteiger partial charge on any atom is -0.478 e. The maximum atomic E-state index is 10.7. The Labute approximate surface area is 104 Å². The zero-order chi connectivity index (χ0) is 13.1. The van der Waals surface area contributed by atoms with E-state index in [-0.39, 0.29) is 11.6 Å². The molecular formula is C13H14N2O3. The molecule has 18 heavy (non-hydrogen) atoms. The van der Waals surface area contributed by atoms with Gasteiger partial charge in [0.05, 0.1) is 11.8 Å². The molecule has 2 N–H and O–H groups in total. The summed E-state index contributed by atoms with van der Waals surface area (Å²) < 4.78 is 5.41. The van der Waals surface area contributed by atoms with Gasteiger partial charge in [0.25, 0.3) is 0 Å². The van der Waals surface area contributed by atoms with Gasteiger partial charge >= 0.3 is 5.97 Å². The van der Waals surface area contributed by atoms with Crippen molar-refractivity contribution in [2.24, 2.45) is 0 Å². The third-order valence-corrected chi connectivity index (χ3v) is 2.52. The van der Waals surface area contributed by atoms with Crippen molar-refractivity contribution >= 4 is 11.7 Å². The van der Waals surface area contributed by atoms with Gasteiger partial charge in [-0.15, -0.1) is 0 Å². The van der Waals surface area contributed by atoms with Crippen LogP contribution in [0.5, 0.6) is 0 Å². The maximum Gasteiger partial charge on any atom is 0.335 e. The number of aromatic carboxylic acids is 1. The number of carboxylic acid groups (broad SMARTS) is 1. The van der Waals surface area contributed by atoms with E-state index in [1.54, 1.807) is 30.5 Å². The van der Waals surface area contributed by atoms with Crippen molar-refractivity contribution in [3.05, 3.63) is 47.7 Å². The molecule has 0 aliphatic heterocycles. The lowest BCUT2D eigenvalue weighted by Crippen LogP contribution is -2.07. The smallest absolute Gasteiger partial charge is 0.335 e. The first-order valence-corrected chi connectivity index (χ1v) is 5.58. The maximum absolute atomic E-state index is 10.7. The van der Waals surface area contributed by atoms with Crippen molar-refractivity contribution in [3.63, 3.8) is 0 Å². The molecular weight excluding hydrogens is 232 g/mol. The number of aromatic nitrogens is 1. The number of hydrogen-bond acceptors (Lipinski definition) is 4. The van der Waals surface area contributed by atoms with Crippen LogP contribution in [0.15, 0.2) is 34.9 Å². The molecule has 1 atom stereocenters. The van der Waals surface area contributed by atoms with Gasteiger partial charge in [-0.05, 0) is 38.1 Å². The average Bonchev–Trinajstić information content (AvgIpc) is 2.76. The molecule has 0 aliphatic rings. The lowest BCUT2D eigenvalue weighted by atomic mass is 10.2. The number of hydrogen-bond donors (Lipinski definition) is 2. The summed E-state index contributed by atoms with van der Waals surface area (Å²) >= 11 is 0. The van der Waals surface area contributed by atoms with Crippen LogP contribution < -0.4 is 5.32 Å². The fourth-order valence-electron chi connectivity index (χ4n) is 1.59. The lowest BCUT2D eigenvalue weighted by Gasteiger charge is -2.11. The number of nitrogens with zero attached hydrogens (tertiary/aromatic N) is 1. The molecule has 5 heteroatoms. The number of aryl methyl sites for hydroxylation is 1. The van der Waals surface area contributed by atoms with Crippen molar-refractivity contribution < 1.29 is 14.3 Å². The first-order valence-electron chi connectivity index (χ1n) is 5.58. The van der Waals surface area contributed by atoms with Crippen LogP contribution in [0.1, 0.15) is 35.0 Å². The van der Waals surface area contributed by atoms with Crippen LogP contribution in [0, 0.1) is 6.92 Å². The highest BCUT2D eigenvalue weighted by Crippen LogP contribution is 2.19. The second-order valence-corrected chi connectivity index (χ2v) is 4.06. The van der Waals surface area contributed by atoms with Gasteiger partial charge in [0.1, 0.15) is 11.8 Å². The van der Waals surface area contributed by atoms with E-state index >= 15 is 0 Å². The Hall–Kier alpha value is -2.30. The van der Waals surface area contributed by atoms with Crippen LogP contribution in [0.4, 0.5) is 5.69 Å². The second-order valence-electron chi connectivity index (χ2n) is 4.06.